The van der Waals surface area contributed by atoms with Gasteiger partial charge in [0.05, 0.1) is 5.92 Å². The van der Waals surface area contributed by atoms with E-state index in [4.69, 9.17) is 5.11 Å². The summed E-state index contributed by atoms with van der Waals surface area (Å²) in [6.45, 7) is 0.156. The summed E-state index contributed by atoms with van der Waals surface area (Å²) in [5.41, 5.74) is 0. The SMILES string of the molecule is O=C(O)N1CC(c2nnc(C(F)(F)F)o2)C1. The lowest BCUT2D eigenvalue weighted by atomic mass is 10.0. The molecule has 9 heteroatoms. The highest BCUT2D eigenvalue weighted by atomic mass is 19.4. The molecular formula is C7H6F3N3O3. The van der Waals surface area contributed by atoms with Crippen molar-refractivity contribution < 1.29 is 27.5 Å². The minimum absolute atomic E-state index is 0.0782. The van der Waals surface area contributed by atoms with Gasteiger partial charge in [-0.1, -0.05) is 0 Å². The van der Waals surface area contributed by atoms with E-state index in [-0.39, 0.29) is 19.0 Å². The number of nitrogens with zero attached hydrogens (tertiary/aromatic N) is 3. The molecule has 1 aliphatic heterocycles. The van der Waals surface area contributed by atoms with Gasteiger partial charge in [0, 0.05) is 13.1 Å². The van der Waals surface area contributed by atoms with Crippen molar-refractivity contribution in [3.8, 4) is 0 Å². The zero-order chi connectivity index (χ0) is 11.9. The van der Waals surface area contributed by atoms with Crippen molar-refractivity contribution in [3.05, 3.63) is 11.8 Å². The molecule has 1 aliphatic rings. The predicted molar refractivity (Wildman–Crippen MR) is 41.6 cm³/mol. The molecule has 0 bridgehead atoms. The summed E-state index contributed by atoms with van der Waals surface area (Å²) in [7, 11) is 0. The molecular weight excluding hydrogens is 231 g/mol. The summed E-state index contributed by atoms with van der Waals surface area (Å²) in [5.74, 6) is -2.03. The minimum Gasteiger partial charge on any atom is -0.465 e. The molecule has 0 unspecified atom stereocenters. The van der Waals surface area contributed by atoms with Gasteiger partial charge in [0.25, 0.3) is 0 Å². The lowest BCUT2D eigenvalue weighted by Crippen LogP contribution is -2.47. The first-order valence-electron chi connectivity index (χ1n) is 4.26. The van der Waals surface area contributed by atoms with Crippen LogP contribution >= 0.6 is 0 Å². The zero-order valence-electron chi connectivity index (χ0n) is 7.73. The van der Waals surface area contributed by atoms with Crippen LogP contribution < -0.4 is 0 Å². The molecule has 1 N–H and O–H groups in total. The van der Waals surface area contributed by atoms with Crippen LogP contribution in [0.25, 0.3) is 0 Å². The van der Waals surface area contributed by atoms with E-state index in [0.717, 1.165) is 4.90 Å². The topological polar surface area (TPSA) is 79.5 Å². The second kappa shape index (κ2) is 3.35. The van der Waals surface area contributed by atoms with Crippen molar-refractivity contribution in [2.45, 2.75) is 12.1 Å². The summed E-state index contributed by atoms with van der Waals surface area (Å²) >= 11 is 0. The van der Waals surface area contributed by atoms with Crippen molar-refractivity contribution in [1.82, 2.24) is 15.1 Å². The van der Waals surface area contributed by atoms with Crippen LogP contribution in [0.15, 0.2) is 4.42 Å². The van der Waals surface area contributed by atoms with Crippen molar-refractivity contribution in [2.75, 3.05) is 13.1 Å². The van der Waals surface area contributed by atoms with E-state index in [1.165, 1.54) is 0 Å². The first-order valence-corrected chi connectivity index (χ1v) is 4.26. The van der Waals surface area contributed by atoms with Crippen LogP contribution in [0.2, 0.25) is 0 Å². The van der Waals surface area contributed by atoms with Crippen LogP contribution in [0.1, 0.15) is 17.7 Å². The van der Waals surface area contributed by atoms with Crippen LogP contribution in [0.3, 0.4) is 0 Å². The molecule has 2 rings (SSSR count). The van der Waals surface area contributed by atoms with Crippen LogP contribution in [0.5, 0.6) is 0 Å². The second-order valence-electron chi connectivity index (χ2n) is 3.33. The Balaban J connectivity index is 2.03. The molecule has 0 radical (unpaired) electrons. The van der Waals surface area contributed by atoms with E-state index >= 15 is 0 Å². The number of carbonyl (C=O) groups is 1. The Hall–Kier alpha value is -1.80. The number of rotatable bonds is 1. The average molecular weight is 237 g/mol. The van der Waals surface area contributed by atoms with E-state index in [1.807, 2.05) is 0 Å². The number of alkyl halides is 3. The second-order valence-corrected chi connectivity index (χ2v) is 3.33. The molecule has 1 aromatic rings. The van der Waals surface area contributed by atoms with Gasteiger partial charge >= 0.3 is 18.2 Å². The zero-order valence-corrected chi connectivity index (χ0v) is 7.73. The molecule has 1 aromatic heterocycles. The van der Waals surface area contributed by atoms with Gasteiger partial charge in [-0.05, 0) is 0 Å². The Morgan fingerprint density at radius 2 is 2.06 bits per heavy atom. The van der Waals surface area contributed by atoms with E-state index < -0.39 is 24.1 Å². The quantitative estimate of drug-likeness (QED) is 0.792. The standard InChI is InChI=1S/C7H6F3N3O3/c8-7(9,10)5-12-11-4(16-5)3-1-13(2-3)6(14)15/h3H,1-2H2,(H,14,15). The molecule has 88 valence electrons. The molecule has 1 fully saturated rings. The lowest BCUT2D eigenvalue weighted by Gasteiger charge is -2.34. The maximum Gasteiger partial charge on any atom is 0.470 e. The molecule has 0 aromatic carbocycles. The average Bonchev–Trinajstić information content (AvgIpc) is 2.47. The summed E-state index contributed by atoms with van der Waals surface area (Å²) in [5, 5.41) is 14.6. The maximum absolute atomic E-state index is 12.1. The first-order chi connectivity index (χ1) is 7.38. The van der Waals surface area contributed by atoms with Gasteiger partial charge in [-0.3, -0.25) is 0 Å². The fourth-order valence-corrected chi connectivity index (χ4v) is 1.31. The van der Waals surface area contributed by atoms with Crippen molar-refractivity contribution in [2.24, 2.45) is 0 Å². The van der Waals surface area contributed by atoms with Gasteiger partial charge in [0.15, 0.2) is 0 Å². The highest BCUT2D eigenvalue weighted by Gasteiger charge is 2.41. The Morgan fingerprint density at radius 3 is 2.50 bits per heavy atom. The molecule has 16 heavy (non-hydrogen) atoms. The van der Waals surface area contributed by atoms with Crippen LogP contribution in [0, 0.1) is 0 Å². The number of likely N-dealkylation sites (tertiary alicyclic amines) is 1. The number of hydrogen-bond acceptors (Lipinski definition) is 4. The number of hydrogen-bond donors (Lipinski definition) is 1. The third-order valence-electron chi connectivity index (χ3n) is 2.18. The third kappa shape index (κ3) is 1.79. The third-order valence-corrected chi connectivity index (χ3v) is 2.18. The van der Waals surface area contributed by atoms with Gasteiger partial charge in [-0.25, -0.2) is 4.79 Å². The Morgan fingerprint density at radius 1 is 1.44 bits per heavy atom. The summed E-state index contributed by atoms with van der Waals surface area (Å²) in [4.78, 5) is 11.4. The molecule has 0 aliphatic carbocycles. The van der Waals surface area contributed by atoms with Crippen molar-refractivity contribution in [1.29, 1.82) is 0 Å². The maximum atomic E-state index is 12.1. The summed E-state index contributed by atoms with van der Waals surface area (Å²) < 4.78 is 40.7. The van der Waals surface area contributed by atoms with Gasteiger partial charge in [0.2, 0.25) is 5.89 Å². The largest absolute Gasteiger partial charge is 0.470 e. The molecule has 2 heterocycles. The lowest BCUT2D eigenvalue weighted by molar-refractivity contribution is -0.157. The van der Waals surface area contributed by atoms with Gasteiger partial charge < -0.3 is 14.4 Å². The van der Waals surface area contributed by atoms with E-state index in [9.17, 15) is 18.0 Å². The Kier molecular flexibility index (Phi) is 2.25. The molecule has 1 saturated heterocycles. The Bertz CT molecular complexity index is 410. The number of halogens is 3. The molecule has 6 nitrogen and oxygen atoms in total. The van der Waals surface area contributed by atoms with Crippen LogP contribution in [-0.2, 0) is 6.18 Å². The molecule has 1 amide bonds. The van der Waals surface area contributed by atoms with E-state index in [2.05, 4.69) is 14.6 Å². The van der Waals surface area contributed by atoms with Gasteiger partial charge in [-0.15, -0.1) is 10.2 Å². The first kappa shape index (κ1) is 10.7. The van der Waals surface area contributed by atoms with Gasteiger partial charge in [0.1, 0.15) is 0 Å². The van der Waals surface area contributed by atoms with E-state index in [1.54, 1.807) is 0 Å². The van der Waals surface area contributed by atoms with Crippen LogP contribution in [0.4, 0.5) is 18.0 Å². The summed E-state index contributed by atoms with van der Waals surface area (Å²) in [6.07, 6.45) is -5.78. The van der Waals surface area contributed by atoms with Gasteiger partial charge in [-0.2, -0.15) is 13.2 Å². The van der Waals surface area contributed by atoms with Crippen LogP contribution in [-0.4, -0.2) is 39.4 Å². The number of amides is 1. The monoisotopic (exact) mass is 237 g/mol. The number of carboxylic acid groups (broad SMARTS) is 1. The fourth-order valence-electron chi connectivity index (χ4n) is 1.31. The fraction of sp³-hybridized carbons (Fsp3) is 0.571. The van der Waals surface area contributed by atoms with Crippen molar-refractivity contribution >= 4 is 6.09 Å². The number of aromatic nitrogens is 2. The summed E-state index contributed by atoms with van der Waals surface area (Å²) in [6, 6.07) is 0. The van der Waals surface area contributed by atoms with E-state index in [0.29, 0.717) is 0 Å². The smallest absolute Gasteiger partial charge is 0.465 e. The molecule has 0 atom stereocenters. The highest BCUT2D eigenvalue weighted by molar-refractivity contribution is 5.66. The minimum atomic E-state index is -4.67. The highest BCUT2D eigenvalue weighted by Crippen LogP contribution is 2.31. The predicted octanol–water partition coefficient (Wildman–Crippen LogP) is 1.17. The normalized spacial score (nSPS) is 17.3. The molecule has 0 spiro atoms. The Labute approximate surface area is 86.7 Å². The van der Waals surface area contributed by atoms with Crippen molar-refractivity contribution in [3.63, 3.8) is 0 Å². The molecule has 0 saturated carbocycles.